The first-order valence-corrected chi connectivity index (χ1v) is 6.97. The molecule has 8 unspecified atom stereocenters. The Bertz CT molecular complexity index is 353. The molecule has 2 rings (SSSR count). The Kier molecular flexibility index (Phi) is 6.07. The van der Waals surface area contributed by atoms with Crippen LogP contribution in [0.15, 0.2) is 0 Å². The fraction of sp³-hybridized carbons (Fsp3) is 1.00. The first-order chi connectivity index (χ1) is 10.4. The van der Waals surface area contributed by atoms with E-state index in [-0.39, 0.29) is 6.42 Å². The second-order valence-corrected chi connectivity index (χ2v) is 5.41. The number of hydrogen-bond donors (Lipinski definition) is 7. The van der Waals surface area contributed by atoms with Crippen molar-refractivity contribution in [3.05, 3.63) is 0 Å². The lowest BCUT2D eigenvalue weighted by Crippen LogP contribution is -2.60. The molecule has 0 aromatic rings. The minimum atomic E-state index is -1.60. The van der Waals surface area contributed by atoms with Gasteiger partial charge >= 0.3 is 0 Å². The third kappa shape index (κ3) is 3.57. The van der Waals surface area contributed by atoms with Crippen LogP contribution in [0.2, 0.25) is 0 Å². The van der Waals surface area contributed by atoms with E-state index in [0.717, 1.165) is 0 Å². The molecule has 7 N–H and O–H groups in total. The van der Waals surface area contributed by atoms with E-state index in [0.29, 0.717) is 0 Å². The Labute approximate surface area is 126 Å². The normalized spacial score (nSPS) is 50.0. The van der Waals surface area contributed by atoms with Crippen molar-refractivity contribution in [1.82, 2.24) is 0 Å². The lowest BCUT2D eigenvalue weighted by Gasteiger charge is -2.43. The van der Waals surface area contributed by atoms with Crippen LogP contribution >= 0.6 is 0 Å². The quantitative estimate of drug-likeness (QED) is 0.268. The van der Waals surface area contributed by atoms with Crippen LogP contribution < -0.4 is 0 Å². The van der Waals surface area contributed by atoms with Gasteiger partial charge in [-0.1, -0.05) is 0 Å². The number of rotatable bonds is 4. The smallest absolute Gasteiger partial charge is 0.189 e. The molecule has 0 aromatic heterocycles. The summed E-state index contributed by atoms with van der Waals surface area (Å²) < 4.78 is 15.7. The van der Waals surface area contributed by atoms with Crippen LogP contribution in [0, 0.1) is 0 Å². The average Bonchev–Trinajstić information content (AvgIpc) is 2.51. The minimum absolute atomic E-state index is 0.146. The van der Waals surface area contributed by atoms with Gasteiger partial charge in [-0.05, 0) is 0 Å². The molecule has 2 saturated heterocycles. The predicted octanol–water partition coefficient (Wildman–Crippen LogP) is -4.37. The monoisotopic (exact) mass is 326 g/mol. The third-order valence-electron chi connectivity index (χ3n) is 3.85. The molecule has 0 aromatic carbocycles. The summed E-state index contributed by atoms with van der Waals surface area (Å²) in [5, 5.41) is 66.6. The Balaban J connectivity index is 2.00. The van der Waals surface area contributed by atoms with Gasteiger partial charge in [0.15, 0.2) is 12.6 Å². The maximum Gasteiger partial charge on any atom is 0.189 e. The lowest BCUT2D eigenvalue weighted by molar-refractivity contribution is -0.358. The summed E-state index contributed by atoms with van der Waals surface area (Å²) in [6.45, 7) is -1.15. The van der Waals surface area contributed by atoms with Gasteiger partial charge in [0.2, 0.25) is 0 Å². The second kappa shape index (κ2) is 7.45. The van der Waals surface area contributed by atoms with E-state index in [1.807, 2.05) is 0 Å². The van der Waals surface area contributed by atoms with Gasteiger partial charge in [0.05, 0.1) is 19.3 Å². The van der Waals surface area contributed by atoms with Crippen molar-refractivity contribution in [3.63, 3.8) is 0 Å². The Hall–Kier alpha value is -0.400. The first-order valence-electron chi connectivity index (χ1n) is 6.97. The summed E-state index contributed by atoms with van der Waals surface area (Å²) in [5.74, 6) is 0. The fourth-order valence-corrected chi connectivity index (χ4v) is 2.48. The molecule has 10 heteroatoms. The van der Waals surface area contributed by atoms with Gasteiger partial charge in [0, 0.05) is 6.42 Å². The molecule has 0 radical (unpaired) electrons. The van der Waals surface area contributed by atoms with Gasteiger partial charge < -0.3 is 50.0 Å². The van der Waals surface area contributed by atoms with E-state index in [1.54, 1.807) is 0 Å². The molecule has 0 bridgehead atoms. The lowest BCUT2D eigenvalue weighted by atomic mass is 9.99. The summed E-state index contributed by atoms with van der Waals surface area (Å²) in [7, 11) is 0. The van der Waals surface area contributed by atoms with Crippen molar-refractivity contribution in [3.8, 4) is 0 Å². The van der Waals surface area contributed by atoms with Gasteiger partial charge in [0.1, 0.15) is 36.6 Å². The summed E-state index contributed by atoms with van der Waals surface area (Å²) in [6, 6.07) is 0. The minimum Gasteiger partial charge on any atom is -0.394 e. The van der Waals surface area contributed by atoms with Gasteiger partial charge in [-0.15, -0.1) is 0 Å². The van der Waals surface area contributed by atoms with Crippen molar-refractivity contribution in [2.45, 2.75) is 61.7 Å². The van der Waals surface area contributed by atoms with Crippen LogP contribution in [0.25, 0.3) is 0 Å². The molecule has 2 aliphatic rings. The molecule has 0 spiro atoms. The maximum atomic E-state index is 9.83. The van der Waals surface area contributed by atoms with E-state index < -0.39 is 68.5 Å². The molecule has 0 amide bonds. The molecule has 2 heterocycles. The number of ether oxygens (including phenoxy) is 3. The van der Waals surface area contributed by atoms with Crippen LogP contribution in [0.1, 0.15) is 6.42 Å². The van der Waals surface area contributed by atoms with Crippen LogP contribution in [0.3, 0.4) is 0 Å². The van der Waals surface area contributed by atoms with Crippen molar-refractivity contribution in [1.29, 1.82) is 0 Å². The molecule has 0 saturated carbocycles. The zero-order chi connectivity index (χ0) is 16.4. The van der Waals surface area contributed by atoms with Gasteiger partial charge in [-0.3, -0.25) is 0 Å². The van der Waals surface area contributed by atoms with Crippen molar-refractivity contribution in [2.24, 2.45) is 0 Å². The Morgan fingerprint density at radius 1 is 0.773 bits per heavy atom. The van der Waals surface area contributed by atoms with E-state index >= 15 is 0 Å². The maximum absolute atomic E-state index is 9.83. The molecular formula is C12H22O10. The molecule has 10 nitrogen and oxygen atoms in total. The second-order valence-electron chi connectivity index (χ2n) is 5.41. The molecule has 2 fully saturated rings. The highest BCUT2D eigenvalue weighted by Gasteiger charge is 2.46. The molecular weight excluding hydrogens is 304 g/mol. The summed E-state index contributed by atoms with van der Waals surface area (Å²) in [4.78, 5) is 0. The van der Waals surface area contributed by atoms with Crippen LogP contribution in [0.5, 0.6) is 0 Å². The Morgan fingerprint density at radius 2 is 1.36 bits per heavy atom. The van der Waals surface area contributed by atoms with E-state index in [1.165, 1.54) is 0 Å². The van der Waals surface area contributed by atoms with Crippen molar-refractivity contribution < 1.29 is 50.0 Å². The average molecular weight is 326 g/mol. The molecule has 9 atom stereocenters. The van der Waals surface area contributed by atoms with Crippen molar-refractivity contribution >= 4 is 0 Å². The van der Waals surface area contributed by atoms with Crippen molar-refractivity contribution in [2.75, 3.05) is 13.2 Å². The van der Waals surface area contributed by atoms with E-state index in [9.17, 15) is 25.5 Å². The summed E-state index contributed by atoms with van der Waals surface area (Å²) in [6.07, 6.45) is -12.1. The topological polar surface area (TPSA) is 169 Å². The zero-order valence-corrected chi connectivity index (χ0v) is 11.7. The number of aliphatic hydroxyl groups excluding tert-OH is 7. The fourth-order valence-electron chi connectivity index (χ4n) is 2.48. The van der Waals surface area contributed by atoms with E-state index in [2.05, 4.69) is 0 Å². The standard InChI is InChI=1S/C12H22O10/c13-2-5-8(16)4(15)1-7(20-5)22-12-11(19)10(18)9(17)6(3-14)21-12/h4-19H,1-3H2/t4?,5-,6?,7?,8?,9?,10?,11?,12?/m0/s1. The highest BCUT2D eigenvalue weighted by Crippen LogP contribution is 2.27. The molecule has 22 heavy (non-hydrogen) atoms. The number of hydrogen-bond acceptors (Lipinski definition) is 10. The number of aliphatic hydroxyl groups is 7. The molecule has 0 aliphatic carbocycles. The highest BCUT2D eigenvalue weighted by atomic mass is 16.8. The zero-order valence-electron chi connectivity index (χ0n) is 11.7. The predicted molar refractivity (Wildman–Crippen MR) is 67.2 cm³/mol. The molecule has 130 valence electrons. The molecule has 2 aliphatic heterocycles. The largest absolute Gasteiger partial charge is 0.394 e. The first kappa shape index (κ1) is 17.9. The van der Waals surface area contributed by atoms with Crippen LogP contribution in [-0.4, -0.2) is 104 Å². The Morgan fingerprint density at radius 3 is 1.95 bits per heavy atom. The van der Waals surface area contributed by atoms with E-state index in [4.69, 9.17) is 24.4 Å². The van der Waals surface area contributed by atoms with Crippen LogP contribution in [0.4, 0.5) is 0 Å². The summed E-state index contributed by atoms with van der Waals surface area (Å²) in [5.41, 5.74) is 0. The summed E-state index contributed by atoms with van der Waals surface area (Å²) >= 11 is 0. The van der Waals surface area contributed by atoms with Crippen LogP contribution in [-0.2, 0) is 14.2 Å². The van der Waals surface area contributed by atoms with Gasteiger partial charge in [-0.25, -0.2) is 0 Å². The highest BCUT2D eigenvalue weighted by molar-refractivity contribution is 4.90. The SMILES string of the molecule is OCC1OC(OC2CC(O)C(O)[C@H](CO)O2)C(O)C(O)C1O. The van der Waals surface area contributed by atoms with Gasteiger partial charge in [0.25, 0.3) is 0 Å². The van der Waals surface area contributed by atoms with Gasteiger partial charge in [-0.2, -0.15) is 0 Å². The third-order valence-corrected chi connectivity index (χ3v) is 3.85.